The first kappa shape index (κ1) is 8.83. The van der Waals surface area contributed by atoms with Crippen molar-refractivity contribution in [3.63, 3.8) is 0 Å². The van der Waals surface area contributed by atoms with Crippen molar-refractivity contribution in [3.8, 4) is 5.92 Å². The average Bonchev–Trinajstić information content (AvgIpc) is 1.99. The van der Waals surface area contributed by atoms with Crippen molar-refractivity contribution < 1.29 is 14.3 Å². The van der Waals surface area contributed by atoms with E-state index in [0.29, 0.717) is 6.42 Å². The molecule has 0 aliphatic rings. The fraction of sp³-hybridized carbons (Fsp3) is 0.571. The van der Waals surface area contributed by atoms with Gasteiger partial charge in [-0.25, -0.2) is 4.79 Å². The van der Waals surface area contributed by atoms with E-state index in [9.17, 15) is 4.79 Å². The first-order valence-corrected chi connectivity index (χ1v) is 2.91. The molecule has 0 aromatic carbocycles. The van der Waals surface area contributed by atoms with E-state index in [2.05, 4.69) is 9.47 Å². The topological polar surface area (TPSA) is 35.5 Å². The van der Waals surface area contributed by atoms with Crippen molar-refractivity contribution in [1.82, 2.24) is 0 Å². The fourth-order valence-corrected chi connectivity index (χ4v) is 0.379. The number of rotatable bonds is 2. The molecule has 0 amide bonds. The van der Waals surface area contributed by atoms with E-state index in [1.807, 2.05) is 5.92 Å². The van der Waals surface area contributed by atoms with Gasteiger partial charge in [-0.3, -0.25) is 0 Å². The number of carbonyl (C=O) groups is 1. The van der Waals surface area contributed by atoms with Crippen molar-refractivity contribution in [2.24, 2.45) is 0 Å². The zero-order valence-electron chi connectivity index (χ0n) is 6.01. The molecule has 0 saturated heterocycles. The average molecular weight is 141 g/mol. The maximum Gasteiger partial charge on any atom is 0.509 e. The van der Waals surface area contributed by atoms with Crippen LogP contribution in [0.1, 0.15) is 13.3 Å². The van der Waals surface area contributed by atoms with Gasteiger partial charge in [-0.15, -0.1) is 0 Å². The Morgan fingerprint density at radius 2 is 2.40 bits per heavy atom. The van der Waals surface area contributed by atoms with E-state index in [1.54, 1.807) is 6.92 Å². The highest BCUT2D eigenvalue weighted by Gasteiger charge is 2.07. The van der Waals surface area contributed by atoms with Gasteiger partial charge >= 0.3 is 6.16 Å². The number of carbonyl (C=O) groups excluding carboxylic acids is 1. The molecule has 55 valence electrons. The van der Waals surface area contributed by atoms with E-state index < -0.39 is 12.3 Å². The SMILES string of the molecule is [C]#CC(CC)OC(=O)OC. The van der Waals surface area contributed by atoms with Gasteiger partial charge in [0.2, 0.25) is 0 Å². The molecule has 3 nitrogen and oxygen atoms in total. The van der Waals surface area contributed by atoms with Crippen LogP contribution in [-0.4, -0.2) is 19.4 Å². The zero-order chi connectivity index (χ0) is 7.98. The molecule has 0 fully saturated rings. The summed E-state index contributed by atoms with van der Waals surface area (Å²) in [6.45, 7) is 1.79. The molecule has 1 radical (unpaired) electrons. The van der Waals surface area contributed by atoms with E-state index >= 15 is 0 Å². The minimum Gasteiger partial charge on any atom is -0.438 e. The highest BCUT2D eigenvalue weighted by molar-refractivity contribution is 5.60. The molecule has 0 N–H and O–H groups in total. The Kier molecular flexibility index (Phi) is 4.14. The summed E-state index contributed by atoms with van der Waals surface area (Å²) in [4.78, 5) is 10.4. The summed E-state index contributed by atoms with van der Waals surface area (Å²) in [7, 11) is 1.22. The van der Waals surface area contributed by atoms with Crippen LogP contribution in [0.2, 0.25) is 0 Å². The quantitative estimate of drug-likeness (QED) is 0.427. The summed E-state index contributed by atoms with van der Waals surface area (Å²) < 4.78 is 8.74. The normalized spacial score (nSPS) is 11.3. The van der Waals surface area contributed by atoms with Crippen LogP contribution in [0.25, 0.3) is 0 Å². The standard InChI is InChI=1S/C7H9O3/c1-4-6(5-2)10-7(8)9-3/h6H,4H2,1,3H3. The number of methoxy groups -OCH3 is 1. The summed E-state index contributed by atoms with van der Waals surface area (Å²) in [6.07, 6.45) is 5.84. The summed E-state index contributed by atoms with van der Waals surface area (Å²) in [5.74, 6) is 2.04. The van der Waals surface area contributed by atoms with Gasteiger partial charge in [0.1, 0.15) is 0 Å². The highest BCUT2D eigenvalue weighted by atomic mass is 16.7. The first-order chi connectivity index (χ1) is 4.74. The second-order valence-electron chi connectivity index (χ2n) is 1.61. The number of hydrogen-bond acceptors (Lipinski definition) is 3. The molecular weight excluding hydrogens is 132 g/mol. The van der Waals surface area contributed by atoms with Crippen molar-refractivity contribution in [2.75, 3.05) is 7.11 Å². The lowest BCUT2D eigenvalue weighted by atomic mass is 10.3. The molecule has 0 aliphatic heterocycles. The molecule has 0 heterocycles. The minimum absolute atomic E-state index is 0.540. The first-order valence-electron chi connectivity index (χ1n) is 2.91. The fourth-order valence-electron chi connectivity index (χ4n) is 0.379. The van der Waals surface area contributed by atoms with E-state index in [4.69, 9.17) is 6.42 Å². The molecular formula is C7H9O3. The Balaban J connectivity index is 3.66. The number of hydrogen-bond donors (Lipinski definition) is 0. The van der Waals surface area contributed by atoms with Gasteiger partial charge < -0.3 is 9.47 Å². The van der Waals surface area contributed by atoms with Crippen LogP contribution in [0.15, 0.2) is 0 Å². The molecule has 0 spiro atoms. The summed E-state index contributed by atoms with van der Waals surface area (Å²) in [5.41, 5.74) is 0. The third kappa shape index (κ3) is 2.98. The van der Waals surface area contributed by atoms with Crippen molar-refractivity contribution in [3.05, 3.63) is 6.42 Å². The molecule has 10 heavy (non-hydrogen) atoms. The molecule has 0 saturated carbocycles. The largest absolute Gasteiger partial charge is 0.509 e. The number of ether oxygens (including phenoxy) is 2. The predicted molar refractivity (Wildman–Crippen MR) is 34.7 cm³/mol. The summed E-state index contributed by atoms with van der Waals surface area (Å²) >= 11 is 0. The van der Waals surface area contributed by atoms with Crippen LogP contribution >= 0.6 is 0 Å². The third-order valence-corrected chi connectivity index (χ3v) is 0.937. The molecule has 1 atom stereocenters. The van der Waals surface area contributed by atoms with Crippen LogP contribution in [0, 0.1) is 12.3 Å². The van der Waals surface area contributed by atoms with Gasteiger partial charge in [0.25, 0.3) is 0 Å². The van der Waals surface area contributed by atoms with Crippen molar-refractivity contribution >= 4 is 6.16 Å². The van der Waals surface area contributed by atoms with Crippen LogP contribution in [0.5, 0.6) is 0 Å². The molecule has 0 aromatic rings. The lowest BCUT2D eigenvalue weighted by molar-refractivity contribution is 0.0542. The van der Waals surface area contributed by atoms with Crippen LogP contribution in [0.3, 0.4) is 0 Å². The Hall–Kier alpha value is -1.17. The zero-order valence-corrected chi connectivity index (χ0v) is 6.01. The Morgan fingerprint density at radius 3 is 2.70 bits per heavy atom. The van der Waals surface area contributed by atoms with Crippen molar-refractivity contribution in [2.45, 2.75) is 19.4 Å². The lowest BCUT2D eigenvalue weighted by Gasteiger charge is -2.06. The van der Waals surface area contributed by atoms with E-state index in [1.165, 1.54) is 7.11 Å². The summed E-state index contributed by atoms with van der Waals surface area (Å²) in [5, 5.41) is 0. The van der Waals surface area contributed by atoms with Gasteiger partial charge in [-0.2, -0.15) is 0 Å². The smallest absolute Gasteiger partial charge is 0.438 e. The van der Waals surface area contributed by atoms with Crippen LogP contribution < -0.4 is 0 Å². The molecule has 0 rings (SSSR count). The van der Waals surface area contributed by atoms with Crippen LogP contribution in [-0.2, 0) is 9.47 Å². The Morgan fingerprint density at radius 1 is 1.80 bits per heavy atom. The summed E-state index contributed by atoms with van der Waals surface area (Å²) in [6, 6.07) is 0. The highest BCUT2D eigenvalue weighted by Crippen LogP contribution is 1.96. The van der Waals surface area contributed by atoms with E-state index in [-0.39, 0.29) is 0 Å². The van der Waals surface area contributed by atoms with Gasteiger partial charge in [-0.05, 0) is 18.8 Å². The van der Waals surface area contributed by atoms with Crippen molar-refractivity contribution in [1.29, 1.82) is 0 Å². The maximum atomic E-state index is 10.4. The lowest BCUT2D eigenvalue weighted by Crippen LogP contribution is -2.14. The monoisotopic (exact) mass is 141 g/mol. The van der Waals surface area contributed by atoms with E-state index in [0.717, 1.165) is 0 Å². The second kappa shape index (κ2) is 4.68. The van der Waals surface area contributed by atoms with Gasteiger partial charge in [0.05, 0.1) is 7.11 Å². The molecule has 0 bridgehead atoms. The Bertz CT molecular complexity index is 145. The molecule has 0 aliphatic carbocycles. The molecule has 0 aromatic heterocycles. The predicted octanol–water partition coefficient (Wildman–Crippen LogP) is 1.14. The molecule has 3 heteroatoms. The van der Waals surface area contributed by atoms with Gasteiger partial charge in [0.15, 0.2) is 6.10 Å². The Labute approximate surface area is 60.3 Å². The second-order valence-corrected chi connectivity index (χ2v) is 1.61. The third-order valence-electron chi connectivity index (χ3n) is 0.937. The van der Waals surface area contributed by atoms with Gasteiger partial charge in [0, 0.05) is 0 Å². The maximum absolute atomic E-state index is 10.4. The molecule has 1 unspecified atom stereocenters. The van der Waals surface area contributed by atoms with Crippen LogP contribution in [0.4, 0.5) is 4.79 Å². The minimum atomic E-state index is -0.772. The van der Waals surface area contributed by atoms with Gasteiger partial charge in [-0.1, -0.05) is 6.92 Å².